The molecule has 0 spiro atoms. The summed E-state index contributed by atoms with van der Waals surface area (Å²) in [4.78, 5) is 11.2. The normalized spacial score (nSPS) is 18.0. The number of carboxylic acid groups (broad SMARTS) is 1. The Morgan fingerprint density at radius 2 is 1.92 bits per heavy atom. The third-order valence-corrected chi connectivity index (χ3v) is 5.30. The molecule has 132 valence electrons. The highest BCUT2D eigenvalue weighted by atomic mass is 16.4. The van der Waals surface area contributed by atoms with Crippen LogP contribution in [-0.4, -0.2) is 11.2 Å². The van der Waals surface area contributed by atoms with Crippen molar-refractivity contribution >= 4 is 6.09 Å². The highest BCUT2D eigenvalue weighted by Crippen LogP contribution is 2.47. The first-order valence-corrected chi connectivity index (χ1v) is 9.04. The number of hydrogen-bond donors (Lipinski definition) is 2. The molecule has 2 aromatic rings. The Morgan fingerprint density at radius 3 is 2.52 bits per heavy atom. The van der Waals surface area contributed by atoms with Gasteiger partial charge in [0.2, 0.25) is 0 Å². The molecule has 3 heteroatoms. The molecule has 1 aliphatic carbocycles. The number of hydrogen-bond acceptors (Lipinski definition) is 1. The summed E-state index contributed by atoms with van der Waals surface area (Å²) in [7, 11) is 0. The molecule has 0 unspecified atom stereocenters. The van der Waals surface area contributed by atoms with E-state index < -0.39 is 6.09 Å². The average molecular weight is 337 g/mol. The average Bonchev–Trinajstić information content (AvgIpc) is 2.78. The smallest absolute Gasteiger partial charge is 0.405 e. The van der Waals surface area contributed by atoms with Gasteiger partial charge in [-0.05, 0) is 58.6 Å². The van der Waals surface area contributed by atoms with E-state index in [4.69, 9.17) is 0 Å². The summed E-state index contributed by atoms with van der Waals surface area (Å²) in [5.41, 5.74) is 7.30. The van der Waals surface area contributed by atoms with Gasteiger partial charge < -0.3 is 10.4 Å². The second-order valence-corrected chi connectivity index (χ2v) is 7.86. The van der Waals surface area contributed by atoms with Crippen LogP contribution >= 0.6 is 0 Å². The maximum Gasteiger partial charge on any atom is 0.405 e. The van der Waals surface area contributed by atoms with Gasteiger partial charge in [-0.15, -0.1) is 0 Å². The molecule has 2 aromatic carbocycles. The van der Waals surface area contributed by atoms with Gasteiger partial charge in [0.15, 0.2) is 0 Å². The maximum absolute atomic E-state index is 11.2. The Balaban J connectivity index is 1.99. The topological polar surface area (TPSA) is 49.3 Å². The number of rotatable bonds is 4. The van der Waals surface area contributed by atoms with Gasteiger partial charge in [0.25, 0.3) is 0 Å². The van der Waals surface area contributed by atoms with Gasteiger partial charge in [-0.2, -0.15) is 0 Å². The summed E-state index contributed by atoms with van der Waals surface area (Å²) in [6.07, 6.45) is 2.19. The fraction of sp³-hybridized carbons (Fsp3) is 0.409. The minimum absolute atomic E-state index is 0.114. The largest absolute Gasteiger partial charge is 0.465 e. The van der Waals surface area contributed by atoms with E-state index in [2.05, 4.69) is 69.4 Å². The third-order valence-electron chi connectivity index (χ3n) is 5.30. The van der Waals surface area contributed by atoms with Crippen LogP contribution in [0.2, 0.25) is 0 Å². The molecule has 25 heavy (non-hydrogen) atoms. The Kier molecular flexibility index (Phi) is 4.59. The van der Waals surface area contributed by atoms with Gasteiger partial charge in [0.1, 0.15) is 0 Å². The summed E-state index contributed by atoms with van der Waals surface area (Å²) >= 11 is 0. The van der Waals surface area contributed by atoms with Gasteiger partial charge in [-0.25, -0.2) is 4.79 Å². The van der Waals surface area contributed by atoms with Gasteiger partial charge in [0, 0.05) is 0 Å². The number of amides is 1. The van der Waals surface area contributed by atoms with Crippen LogP contribution in [0.3, 0.4) is 0 Å². The fourth-order valence-corrected chi connectivity index (χ4v) is 4.06. The SMILES string of the molecule is CCCc1ccc(-c2cc3c(cc2C)[C@H](NC(=O)O)C(C)(C)C3)cc1. The van der Waals surface area contributed by atoms with Crippen molar-refractivity contribution < 1.29 is 9.90 Å². The Hall–Kier alpha value is -2.29. The maximum atomic E-state index is 11.2. The van der Waals surface area contributed by atoms with Crippen molar-refractivity contribution in [3.63, 3.8) is 0 Å². The lowest BCUT2D eigenvalue weighted by Gasteiger charge is -2.27. The molecule has 3 rings (SSSR count). The molecule has 2 N–H and O–H groups in total. The lowest BCUT2D eigenvalue weighted by molar-refractivity contribution is 0.175. The summed E-state index contributed by atoms with van der Waals surface area (Å²) < 4.78 is 0. The molecule has 1 atom stereocenters. The van der Waals surface area contributed by atoms with E-state index in [-0.39, 0.29) is 11.5 Å². The van der Waals surface area contributed by atoms with Crippen LogP contribution in [0, 0.1) is 12.3 Å². The summed E-state index contributed by atoms with van der Waals surface area (Å²) in [5.74, 6) is 0. The molecule has 1 aliphatic rings. The van der Waals surface area contributed by atoms with Crippen LogP contribution in [0.15, 0.2) is 36.4 Å². The van der Waals surface area contributed by atoms with Crippen LogP contribution in [0.4, 0.5) is 4.79 Å². The molecule has 0 saturated heterocycles. The van der Waals surface area contributed by atoms with Gasteiger partial charge in [0.05, 0.1) is 6.04 Å². The standard InChI is InChI=1S/C22H27NO2/c1-5-6-15-7-9-16(10-8-15)18-12-17-13-22(3,4)20(23-21(24)25)19(17)11-14(18)2/h7-12,20,23H,5-6,13H2,1-4H3,(H,24,25)/t20-/m0/s1. The zero-order valence-corrected chi connectivity index (χ0v) is 15.5. The van der Waals surface area contributed by atoms with E-state index in [0.29, 0.717) is 0 Å². The third kappa shape index (κ3) is 3.41. The molecule has 0 bridgehead atoms. The minimum atomic E-state index is -0.959. The Morgan fingerprint density at radius 1 is 1.24 bits per heavy atom. The van der Waals surface area contributed by atoms with Gasteiger partial charge in [-0.3, -0.25) is 0 Å². The van der Waals surface area contributed by atoms with E-state index in [1.165, 1.54) is 27.8 Å². The first-order valence-electron chi connectivity index (χ1n) is 9.04. The molecule has 0 fully saturated rings. The molecular formula is C22H27NO2. The molecule has 3 nitrogen and oxygen atoms in total. The summed E-state index contributed by atoms with van der Waals surface area (Å²) in [6, 6.07) is 13.1. The van der Waals surface area contributed by atoms with E-state index >= 15 is 0 Å². The van der Waals surface area contributed by atoms with Gasteiger partial charge in [-0.1, -0.05) is 63.6 Å². The highest BCUT2D eigenvalue weighted by Gasteiger charge is 2.40. The number of fused-ring (bicyclic) bond motifs is 1. The van der Waals surface area contributed by atoms with Crippen LogP contribution in [-0.2, 0) is 12.8 Å². The van der Waals surface area contributed by atoms with E-state index in [9.17, 15) is 9.90 Å². The van der Waals surface area contributed by atoms with Gasteiger partial charge >= 0.3 is 6.09 Å². The van der Waals surface area contributed by atoms with Crippen LogP contribution in [0.5, 0.6) is 0 Å². The van der Waals surface area contributed by atoms with Crippen molar-refractivity contribution in [2.45, 2.75) is 53.0 Å². The fourth-order valence-electron chi connectivity index (χ4n) is 4.06. The van der Waals surface area contributed by atoms with Crippen LogP contribution in [0.25, 0.3) is 11.1 Å². The molecule has 1 amide bonds. The van der Waals surface area contributed by atoms with Crippen molar-refractivity contribution in [2.75, 3.05) is 0 Å². The first kappa shape index (κ1) is 17.5. The molecule has 0 saturated carbocycles. The second kappa shape index (κ2) is 6.55. The minimum Gasteiger partial charge on any atom is -0.465 e. The lowest BCUT2D eigenvalue weighted by Crippen LogP contribution is -2.34. The number of nitrogens with one attached hydrogen (secondary N) is 1. The van der Waals surface area contributed by atoms with Crippen LogP contribution < -0.4 is 5.32 Å². The molecule has 0 aliphatic heterocycles. The highest BCUT2D eigenvalue weighted by molar-refractivity contribution is 5.71. The zero-order chi connectivity index (χ0) is 18.2. The molecule has 0 aromatic heterocycles. The van der Waals surface area contributed by atoms with E-state index in [1.54, 1.807) is 0 Å². The monoisotopic (exact) mass is 337 g/mol. The summed E-state index contributed by atoms with van der Waals surface area (Å²) in [6.45, 7) is 8.56. The zero-order valence-electron chi connectivity index (χ0n) is 15.5. The number of carbonyl (C=O) groups is 1. The molecule has 0 heterocycles. The Labute approximate surface area is 150 Å². The van der Waals surface area contributed by atoms with E-state index in [1.807, 2.05) is 0 Å². The van der Waals surface area contributed by atoms with Crippen molar-refractivity contribution in [1.82, 2.24) is 5.32 Å². The predicted molar refractivity (Wildman–Crippen MR) is 102 cm³/mol. The van der Waals surface area contributed by atoms with Crippen molar-refractivity contribution in [3.8, 4) is 11.1 Å². The number of benzene rings is 2. The van der Waals surface area contributed by atoms with Crippen molar-refractivity contribution in [2.24, 2.45) is 5.41 Å². The van der Waals surface area contributed by atoms with Crippen LogP contribution in [0.1, 0.15) is 55.5 Å². The molecule has 0 radical (unpaired) electrons. The van der Waals surface area contributed by atoms with Crippen molar-refractivity contribution in [1.29, 1.82) is 0 Å². The number of aryl methyl sites for hydroxylation is 2. The van der Waals surface area contributed by atoms with Crippen molar-refractivity contribution in [3.05, 3.63) is 58.7 Å². The quantitative estimate of drug-likeness (QED) is 0.773. The Bertz CT molecular complexity index is 790. The van der Waals surface area contributed by atoms with E-state index in [0.717, 1.165) is 24.8 Å². The predicted octanol–water partition coefficient (Wildman–Crippen LogP) is 5.51. The second-order valence-electron chi connectivity index (χ2n) is 7.86. The molecular weight excluding hydrogens is 310 g/mol. The summed E-state index contributed by atoms with van der Waals surface area (Å²) in [5, 5.41) is 11.9. The first-order chi connectivity index (χ1) is 11.8. The lowest BCUT2D eigenvalue weighted by atomic mass is 9.85.